The van der Waals surface area contributed by atoms with E-state index >= 15 is 0 Å². The summed E-state index contributed by atoms with van der Waals surface area (Å²) in [7, 11) is 0. The minimum atomic E-state index is -0.0763. The van der Waals surface area contributed by atoms with Gasteiger partial charge in [-0.15, -0.1) is 0 Å². The van der Waals surface area contributed by atoms with Crippen molar-refractivity contribution in [1.29, 1.82) is 0 Å². The Kier molecular flexibility index (Phi) is 2.92. The van der Waals surface area contributed by atoms with E-state index in [9.17, 15) is 5.11 Å². The molecule has 0 aromatic heterocycles. The Bertz CT molecular complexity index is 602. The highest BCUT2D eigenvalue weighted by atomic mass is 16.7. The molecular formula is C18H23NO3. The Morgan fingerprint density at radius 2 is 1.91 bits per heavy atom. The lowest BCUT2D eigenvalue weighted by atomic mass is 9.69. The van der Waals surface area contributed by atoms with Crippen LogP contribution in [0.1, 0.15) is 42.9 Å². The largest absolute Gasteiger partial charge is 0.454 e. The molecule has 0 unspecified atom stereocenters. The minimum absolute atomic E-state index is 0.0763. The average Bonchev–Trinajstić information content (AvgIpc) is 2.98. The van der Waals surface area contributed by atoms with E-state index in [4.69, 9.17) is 9.47 Å². The van der Waals surface area contributed by atoms with Crippen LogP contribution >= 0.6 is 0 Å². The van der Waals surface area contributed by atoms with Gasteiger partial charge < -0.3 is 14.6 Å². The molecule has 118 valence electrons. The number of hydrogen-bond acceptors (Lipinski definition) is 4. The highest BCUT2D eigenvalue weighted by molar-refractivity contribution is 5.50. The van der Waals surface area contributed by atoms with E-state index in [1.165, 1.54) is 30.5 Å². The van der Waals surface area contributed by atoms with Crippen LogP contribution in [0.5, 0.6) is 11.5 Å². The van der Waals surface area contributed by atoms with Crippen molar-refractivity contribution in [2.24, 2.45) is 11.8 Å². The van der Waals surface area contributed by atoms with Crippen molar-refractivity contribution in [2.45, 2.75) is 44.2 Å². The second-order valence-corrected chi connectivity index (χ2v) is 7.39. The van der Waals surface area contributed by atoms with Gasteiger partial charge in [-0.3, -0.25) is 4.90 Å². The molecule has 4 nitrogen and oxygen atoms in total. The fraction of sp³-hybridized carbons (Fsp3) is 0.667. The van der Waals surface area contributed by atoms with Crippen molar-refractivity contribution in [1.82, 2.24) is 4.90 Å². The molecule has 3 heterocycles. The van der Waals surface area contributed by atoms with Crippen LogP contribution < -0.4 is 9.47 Å². The first kappa shape index (κ1) is 13.2. The van der Waals surface area contributed by atoms with Crippen molar-refractivity contribution in [3.8, 4) is 11.5 Å². The lowest BCUT2D eigenvalue weighted by molar-refractivity contribution is -0.00983. The molecule has 1 aromatic rings. The Morgan fingerprint density at radius 3 is 2.82 bits per heavy atom. The van der Waals surface area contributed by atoms with Gasteiger partial charge in [0.15, 0.2) is 11.5 Å². The molecule has 22 heavy (non-hydrogen) atoms. The first-order valence-electron chi connectivity index (χ1n) is 8.62. The summed E-state index contributed by atoms with van der Waals surface area (Å²) in [5.41, 5.74) is 2.87. The molecular weight excluding hydrogens is 278 g/mol. The molecule has 0 spiro atoms. The standard InChI is InChI=1S/C18H23NO3/c20-14-2-1-12-9-19-4-3-11-7-17-18(22-10-21-17)8-15(11)16(19)6-13(12)5-14/h7-8,12-14,16,20H,1-6,9-10H2/t12-,13+,14+,16+/m1/s1. The SMILES string of the molecule is O[C@H]1CC[C@@H]2CN3CCc4cc5c(cc4[C@@H]3C[C@@H]2C1)OCO5. The van der Waals surface area contributed by atoms with E-state index in [2.05, 4.69) is 17.0 Å². The smallest absolute Gasteiger partial charge is 0.231 e. The normalized spacial score (nSPS) is 36.4. The molecule has 1 aromatic carbocycles. The number of benzene rings is 1. The maximum absolute atomic E-state index is 10.0. The summed E-state index contributed by atoms with van der Waals surface area (Å²) in [6.45, 7) is 2.71. The van der Waals surface area contributed by atoms with Crippen LogP contribution in [0.2, 0.25) is 0 Å². The summed E-state index contributed by atoms with van der Waals surface area (Å²) in [6, 6.07) is 4.91. The van der Waals surface area contributed by atoms with Gasteiger partial charge in [-0.05, 0) is 67.2 Å². The van der Waals surface area contributed by atoms with Crippen molar-refractivity contribution in [3.63, 3.8) is 0 Å². The van der Waals surface area contributed by atoms with E-state index in [-0.39, 0.29) is 6.10 Å². The van der Waals surface area contributed by atoms with Gasteiger partial charge in [0.05, 0.1) is 6.10 Å². The first-order valence-corrected chi connectivity index (χ1v) is 8.62. The first-order chi connectivity index (χ1) is 10.8. The topological polar surface area (TPSA) is 41.9 Å². The molecule has 1 N–H and O–H groups in total. The molecule has 0 bridgehead atoms. The maximum atomic E-state index is 10.0. The minimum Gasteiger partial charge on any atom is -0.454 e. The molecule has 1 saturated carbocycles. The Hall–Kier alpha value is -1.26. The van der Waals surface area contributed by atoms with Gasteiger partial charge in [-0.2, -0.15) is 0 Å². The molecule has 0 radical (unpaired) electrons. The van der Waals surface area contributed by atoms with Crippen LogP contribution in [0.3, 0.4) is 0 Å². The molecule has 3 aliphatic heterocycles. The van der Waals surface area contributed by atoms with Crippen LogP contribution in [0.25, 0.3) is 0 Å². The van der Waals surface area contributed by atoms with E-state index in [1.807, 2.05) is 0 Å². The number of piperidine rings is 1. The van der Waals surface area contributed by atoms with Crippen molar-refractivity contribution in [3.05, 3.63) is 23.3 Å². The third-order valence-electron chi connectivity index (χ3n) is 6.21. The molecule has 0 amide bonds. The molecule has 2 fully saturated rings. The van der Waals surface area contributed by atoms with Crippen LogP contribution in [0.4, 0.5) is 0 Å². The number of ether oxygens (including phenoxy) is 2. The van der Waals surface area contributed by atoms with Gasteiger partial charge in [-0.1, -0.05) is 0 Å². The summed E-state index contributed by atoms with van der Waals surface area (Å²) in [4.78, 5) is 2.67. The summed E-state index contributed by atoms with van der Waals surface area (Å²) in [5.74, 6) is 3.29. The summed E-state index contributed by atoms with van der Waals surface area (Å²) in [6.07, 6.45) is 5.41. The van der Waals surface area contributed by atoms with E-state index in [0.29, 0.717) is 18.8 Å². The Balaban J connectivity index is 1.48. The van der Waals surface area contributed by atoms with Gasteiger partial charge in [0.1, 0.15) is 0 Å². The Labute approximate surface area is 131 Å². The molecule has 5 rings (SSSR count). The fourth-order valence-electron chi connectivity index (χ4n) is 5.06. The van der Waals surface area contributed by atoms with Gasteiger partial charge in [-0.25, -0.2) is 0 Å². The quantitative estimate of drug-likeness (QED) is 0.799. The highest BCUT2D eigenvalue weighted by Crippen LogP contribution is 2.48. The lowest BCUT2D eigenvalue weighted by Gasteiger charge is -2.49. The average molecular weight is 301 g/mol. The predicted octanol–water partition coefficient (Wildman–Crippen LogP) is 2.50. The zero-order chi connectivity index (χ0) is 14.7. The maximum Gasteiger partial charge on any atom is 0.231 e. The van der Waals surface area contributed by atoms with E-state index < -0.39 is 0 Å². The van der Waals surface area contributed by atoms with Crippen LogP contribution in [0.15, 0.2) is 12.1 Å². The summed E-state index contributed by atoms with van der Waals surface area (Å²) in [5, 5.41) is 10.0. The van der Waals surface area contributed by atoms with Gasteiger partial charge in [0, 0.05) is 19.1 Å². The number of aliphatic hydroxyl groups is 1. The monoisotopic (exact) mass is 301 g/mol. The van der Waals surface area contributed by atoms with E-state index in [0.717, 1.165) is 43.2 Å². The van der Waals surface area contributed by atoms with Gasteiger partial charge in [0.25, 0.3) is 0 Å². The van der Waals surface area contributed by atoms with Crippen LogP contribution in [-0.2, 0) is 6.42 Å². The second kappa shape index (κ2) is 4.87. The molecule has 1 saturated heterocycles. The highest BCUT2D eigenvalue weighted by Gasteiger charge is 2.41. The zero-order valence-corrected chi connectivity index (χ0v) is 12.8. The molecule has 4 heteroatoms. The number of fused-ring (bicyclic) bond motifs is 5. The second-order valence-electron chi connectivity index (χ2n) is 7.39. The van der Waals surface area contributed by atoms with Crippen molar-refractivity contribution in [2.75, 3.05) is 19.9 Å². The number of rotatable bonds is 0. The number of aliphatic hydroxyl groups excluding tert-OH is 1. The number of nitrogens with zero attached hydrogens (tertiary/aromatic N) is 1. The third-order valence-corrected chi connectivity index (χ3v) is 6.21. The lowest BCUT2D eigenvalue weighted by Crippen LogP contribution is -2.48. The van der Waals surface area contributed by atoms with Gasteiger partial charge >= 0.3 is 0 Å². The van der Waals surface area contributed by atoms with Gasteiger partial charge in [0.2, 0.25) is 6.79 Å². The van der Waals surface area contributed by atoms with Crippen LogP contribution in [0, 0.1) is 11.8 Å². The summed E-state index contributed by atoms with van der Waals surface area (Å²) < 4.78 is 11.1. The predicted molar refractivity (Wildman–Crippen MR) is 82.0 cm³/mol. The van der Waals surface area contributed by atoms with Crippen molar-refractivity contribution >= 4 is 0 Å². The Morgan fingerprint density at radius 1 is 1.05 bits per heavy atom. The fourth-order valence-corrected chi connectivity index (χ4v) is 5.06. The molecule has 4 aliphatic rings. The molecule has 1 aliphatic carbocycles. The summed E-state index contributed by atoms with van der Waals surface area (Å²) >= 11 is 0. The zero-order valence-electron chi connectivity index (χ0n) is 12.8. The van der Waals surface area contributed by atoms with Crippen LogP contribution in [-0.4, -0.2) is 36.0 Å². The third kappa shape index (κ3) is 1.97. The molecule has 4 atom stereocenters. The van der Waals surface area contributed by atoms with E-state index in [1.54, 1.807) is 0 Å². The van der Waals surface area contributed by atoms with Crippen molar-refractivity contribution < 1.29 is 14.6 Å². The number of hydrogen-bond donors (Lipinski definition) is 1.